The van der Waals surface area contributed by atoms with Crippen molar-refractivity contribution in [3.05, 3.63) is 5.64 Å². The minimum absolute atomic E-state index is 0.482. The third-order valence-corrected chi connectivity index (χ3v) is 1.74. The molecule has 0 amide bonds. The van der Waals surface area contributed by atoms with Crippen molar-refractivity contribution in [3.63, 3.8) is 0 Å². The van der Waals surface area contributed by atoms with Crippen molar-refractivity contribution in [2.24, 2.45) is 0 Å². The fourth-order valence-corrected chi connectivity index (χ4v) is 1.19. The molecule has 1 aliphatic rings. The number of hydrogen-bond donors (Lipinski definition) is 0. The summed E-state index contributed by atoms with van der Waals surface area (Å²) < 4.78 is 0. The highest BCUT2D eigenvalue weighted by atomic mass is 16.9. The van der Waals surface area contributed by atoms with Gasteiger partial charge in [-0.15, -0.1) is 0 Å². The Labute approximate surface area is 61.6 Å². The molecule has 10 heavy (non-hydrogen) atoms. The molecule has 3 nitrogen and oxygen atoms in total. The molecule has 2 N–H and O–H groups in total. The van der Waals surface area contributed by atoms with Crippen LogP contribution in [0.4, 0.5) is 0 Å². The molecule has 0 aromatic rings. The molecule has 0 heterocycles. The molecule has 1 fully saturated rings. The van der Waals surface area contributed by atoms with Crippen LogP contribution in [0, 0.1) is 0 Å². The first kappa shape index (κ1) is 7.98. The SMILES string of the molecule is CC[OH+][N-][OH+]C1CCCC1. The summed E-state index contributed by atoms with van der Waals surface area (Å²) in [5, 5.41) is 0. The van der Waals surface area contributed by atoms with Gasteiger partial charge in [0.15, 0.2) is 6.10 Å². The van der Waals surface area contributed by atoms with E-state index in [1.165, 1.54) is 25.7 Å². The van der Waals surface area contributed by atoms with Crippen molar-refractivity contribution >= 4 is 0 Å². The van der Waals surface area contributed by atoms with Crippen LogP contribution in [-0.2, 0) is 0 Å². The Kier molecular flexibility index (Phi) is 3.72. The fraction of sp³-hybridized carbons (Fsp3) is 1.00. The van der Waals surface area contributed by atoms with Crippen molar-refractivity contribution < 1.29 is 9.68 Å². The Morgan fingerprint density at radius 3 is 2.70 bits per heavy atom. The van der Waals surface area contributed by atoms with Crippen molar-refractivity contribution in [1.29, 1.82) is 0 Å². The Morgan fingerprint density at radius 1 is 1.40 bits per heavy atom. The Balaban J connectivity index is 1.91. The topological polar surface area (TPSA) is 39.7 Å². The second-order valence-electron chi connectivity index (χ2n) is 2.60. The normalized spacial score (nSPS) is 20.1. The van der Waals surface area contributed by atoms with Crippen LogP contribution in [0.25, 0.3) is 5.64 Å². The average molecular weight is 146 g/mol. The first-order valence-electron chi connectivity index (χ1n) is 4.00. The molecule has 0 aromatic heterocycles. The van der Waals surface area contributed by atoms with Crippen LogP contribution in [0.2, 0.25) is 0 Å². The summed E-state index contributed by atoms with van der Waals surface area (Å²) in [7, 11) is 0. The lowest BCUT2D eigenvalue weighted by Crippen LogP contribution is -2.10. The molecule has 0 radical (unpaired) electrons. The first-order chi connectivity index (χ1) is 4.93. The molecular formula is C7H16NO2+. The average Bonchev–Trinajstić information content (AvgIpc) is 2.41. The third-order valence-electron chi connectivity index (χ3n) is 1.74. The van der Waals surface area contributed by atoms with Gasteiger partial charge in [-0.25, -0.2) is 0 Å². The van der Waals surface area contributed by atoms with Gasteiger partial charge in [0.1, 0.15) is 6.61 Å². The summed E-state index contributed by atoms with van der Waals surface area (Å²) >= 11 is 0. The lowest BCUT2D eigenvalue weighted by Gasteiger charge is -2.12. The largest absolute Gasteiger partial charge is 0.433 e. The minimum Gasteiger partial charge on any atom is -0.433 e. The quantitative estimate of drug-likeness (QED) is 0.325. The van der Waals surface area contributed by atoms with E-state index in [0.717, 1.165) is 6.61 Å². The molecule has 1 aliphatic carbocycles. The maximum Gasteiger partial charge on any atom is 0.152 e. The Morgan fingerprint density at radius 2 is 2.10 bits per heavy atom. The summed E-state index contributed by atoms with van der Waals surface area (Å²) in [5.41, 5.74) is 3.72. The molecule has 0 unspecified atom stereocenters. The van der Waals surface area contributed by atoms with Gasteiger partial charge in [0.2, 0.25) is 0 Å². The first-order valence-corrected chi connectivity index (χ1v) is 4.00. The zero-order chi connectivity index (χ0) is 7.23. The Bertz CT molecular complexity index is 81.7. The minimum atomic E-state index is 0.482. The van der Waals surface area contributed by atoms with E-state index in [1.54, 1.807) is 0 Å². The van der Waals surface area contributed by atoms with E-state index >= 15 is 0 Å². The fourth-order valence-electron chi connectivity index (χ4n) is 1.19. The lowest BCUT2D eigenvalue weighted by molar-refractivity contribution is -0.179. The lowest BCUT2D eigenvalue weighted by atomic mass is 10.3. The van der Waals surface area contributed by atoms with Crippen LogP contribution in [0.15, 0.2) is 0 Å². The summed E-state index contributed by atoms with van der Waals surface area (Å²) in [5.74, 6) is 0. The standard InChI is InChI=1S/C7H16NO2/c1-2-9-8-10-7-5-3-4-6-7/h7,9-10H,2-6H2,1H3/q+1. The second kappa shape index (κ2) is 4.66. The monoisotopic (exact) mass is 146 g/mol. The van der Waals surface area contributed by atoms with E-state index in [0.29, 0.717) is 6.10 Å². The molecule has 1 rings (SSSR count). The van der Waals surface area contributed by atoms with E-state index in [-0.39, 0.29) is 0 Å². The van der Waals surface area contributed by atoms with Crippen molar-refractivity contribution in [1.82, 2.24) is 0 Å². The summed E-state index contributed by atoms with van der Waals surface area (Å²) in [6.45, 7) is 2.71. The smallest absolute Gasteiger partial charge is 0.152 e. The Hall–Kier alpha value is -0.120. The van der Waals surface area contributed by atoms with Crippen molar-refractivity contribution in [2.75, 3.05) is 6.61 Å². The van der Waals surface area contributed by atoms with Gasteiger partial charge in [-0.3, -0.25) is 0 Å². The van der Waals surface area contributed by atoms with Gasteiger partial charge in [-0.1, -0.05) is 0 Å². The highest BCUT2D eigenvalue weighted by molar-refractivity contribution is 4.66. The van der Waals surface area contributed by atoms with Gasteiger partial charge < -0.3 is 9.68 Å². The van der Waals surface area contributed by atoms with E-state index in [1.807, 2.05) is 6.92 Å². The predicted octanol–water partition coefficient (Wildman–Crippen LogP) is 1.21. The highest BCUT2D eigenvalue weighted by Gasteiger charge is 2.17. The summed E-state index contributed by atoms with van der Waals surface area (Å²) in [4.78, 5) is 7.86. The number of aliphatic hydroxyl groups is 2. The molecule has 0 saturated heterocycles. The van der Waals surface area contributed by atoms with Crippen LogP contribution in [-0.4, -0.2) is 22.4 Å². The van der Waals surface area contributed by atoms with Crippen LogP contribution in [0.5, 0.6) is 0 Å². The molecule has 1 saturated carbocycles. The van der Waals surface area contributed by atoms with Gasteiger partial charge in [0.25, 0.3) is 0 Å². The van der Waals surface area contributed by atoms with Crippen LogP contribution < -0.4 is 0 Å². The zero-order valence-corrected chi connectivity index (χ0v) is 6.45. The molecule has 0 aromatic carbocycles. The third kappa shape index (κ3) is 2.64. The zero-order valence-electron chi connectivity index (χ0n) is 6.45. The van der Waals surface area contributed by atoms with Crippen LogP contribution in [0.1, 0.15) is 32.6 Å². The highest BCUT2D eigenvalue weighted by Crippen LogP contribution is 2.20. The van der Waals surface area contributed by atoms with E-state index < -0.39 is 0 Å². The molecule has 0 spiro atoms. The maximum absolute atomic E-state index is 4.07. The summed E-state index contributed by atoms with van der Waals surface area (Å²) in [6.07, 6.45) is 5.53. The van der Waals surface area contributed by atoms with Gasteiger partial charge in [-0.05, 0) is 18.5 Å². The van der Waals surface area contributed by atoms with E-state index in [4.69, 9.17) is 0 Å². The molecular weight excluding hydrogens is 130 g/mol. The van der Waals surface area contributed by atoms with E-state index in [9.17, 15) is 0 Å². The number of hydrogen-bond acceptors (Lipinski definition) is 0. The number of nitrogens with zero attached hydrogens (tertiary/aromatic N) is 1. The second-order valence-corrected chi connectivity index (χ2v) is 2.60. The van der Waals surface area contributed by atoms with E-state index in [2.05, 4.69) is 15.3 Å². The molecule has 0 bridgehead atoms. The van der Waals surface area contributed by atoms with Crippen molar-refractivity contribution in [2.45, 2.75) is 38.7 Å². The van der Waals surface area contributed by atoms with Gasteiger partial charge >= 0.3 is 0 Å². The van der Waals surface area contributed by atoms with Gasteiger partial charge in [0.05, 0.1) is 0 Å². The molecule has 0 aliphatic heterocycles. The maximum atomic E-state index is 4.07. The molecule has 0 atom stereocenters. The molecule has 60 valence electrons. The van der Waals surface area contributed by atoms with Crippen LogP contribution in [0.3, 0.4) is 0 Å². The molecule has 3 heteroatoms. The van der Waals surface area contributed by atoms with Gasteiger partial charge in [0, 0.05) is 19.8 Å². The number of rotatable bonds is 4. The van der Waals surface area contributed by atoms with Gasteiger partial charge in [-0.2, -0.15) is 0 Å². The van der Waals surface area contributed by atoms with Crippen molar-refractivity contribution in [3.8, 4) is 0 Å². The predicted molar refractivity (Wildman–Crippen MR) is 40.6 cm³/mol. The summed E-state index contributed by atoms with van der Waals surface area (Å²) in [6, 6.07) is 0. The van der Waals surface area contributed by atoms with Crippen LogP contribution >= 0.6 is 0 Å².